The van der Waals surface area contributed by atoms with Crippen LogP contribution in [0.4, 0.5) is 4.39 Å². The van der Waals surface area contributed by atoms with Gasteiger partial charge in [-0.15, -0.1) is 0 Å². The molecule has 1 N–H and O–H groups in total. The van der Waals surface area contributed by atoms with Crippen LogP contribution in [0, 0.1) is 11.7 Å². The predicted octanol–water partition coefficient (Wildman–Crippen LogP) is 4.70. The molecule has 3 heteroatoms. The zero-order valence-electron chi connectivity index (χ0n) is 13.2. The molecule has 0 aliphatic heterocycles. The number of hydrogen-bond acceptors (Lipinski definition) is 2. The summed E-state index contributed by atoms with van der Waals surface area (Å²) in [6.07, 6.45) is 5.02. The Kier molecular flexibility index (Phi) is 7.60. The van der Waals surface area contributed by atoms with Gasteiger partial charge in [-0.25, -0.2) is 4.39 Å². The normalized spacial score (nSPS) is 14.1. The fourth-order valence-electron chi connectivity index (χ4n) is 2.35. The number of rotatable bonds is 9. The van der Waals surface area contributed by atoms with Gasteiger partial charge in [-0.05, 0) is 43.5 Å². The number of benzene rings is 1. The third-order valence-electron chi connectivity index (χ3n) is 3.93. The molecule has 0 saturated heterocycles. The van der Waals surface area contributed by atoms with Crippen molar-refractivity contribution < 1.29 is 9.13 Å². The van der Waals surface area contributed by atoms with Gasteiger partial charge in [0.05, 0.1) is 7.11 Å². The summed E-state index contributed by atoms with van der Waals surface area (Å²) in [4.78, 5) is 0. The van der Waals surface area contributed by atoms with Gasteiger partial charge >= 0.3 is 0 Å². The maximum Gasteiger partial charge on any atom is 0.165 e. The fourth-order valence-corrected chi connectivity index (χ4v) is 2.35. The molecule has 0 aromatic heterocycles. The number of unbranched alkanes of at least 4 members (excludes halogenated alkanes) is 1. The molecule has 0 radical (unpaired) electrons. The molecule has 0 bridgehead atoms. The number of nitrogens with one attached hydrogen (secondary N) is 1. The maximum absolute atomic E-state index is 13.4. The summed E-state index contributed by atoms with van der Waals surface area (Å²) in [6.45, 7) is 7.59. The SMILES string of the molecule is CCCCC(CC)CNC(C)c1ccc(F)c(OC)c1. The molecule has 2 atom stereocenters. The van der Waals surface area contributed by atoms with Crippen molar-refractivity contribution in [1.29, 1.82) is 0 Å². The monoisotopic (exact) mass is 281 g/mol. The lowest BCUT2D eigenvalue weighted by atomic mass is 9.98. The van der Waals surface area contributed by atoms with Crippen LogP contribution in [0.25, 0.3) is 0 Å². The Hall–Kier alpha value is -1.09. The van der Waals surface area contributed by atoms with E-state index in [-0.39, 0.29) is 11.9 Å². The van der Waals surface area contributed by atoms with Crippen LogP contribution >= 0.6 is 0 Å². The van der Waals surface area contributed by atoms with E-state index in [2.05, 4.69) is 26.1 Å². The smallest absolute Gasteiger partial charge is 0.165 e. The number of hydrogen-bond donors (Lipinski definition) is 1. The van der Waals surface area contributed by atoms with Crippen LogP contribution in [0.5, 0.6) is 5.75 Å². The molecule has 1 aromatic carbocycles. The molecule has 0 spiro atoms. The molecule has 0 aliphatic rings. The standard InChI is InChI=1S/C17H28FNO/c1-5-7-8-14(6-2)12-19-13(3)15-9-10-16(18)17(11-15)20-4/h9-11,13-14,19H,5-8,12H2,1-4H3. The largest absolute Gasteiger partial charge is 0.494 e. The van der Waals surface area contributed by atoms with E-state index in [1.807, 2.05) is 6.07 Å². The van der Waals surface area contributed by atoms with Gasteiger partial charge in [0.1, 0.15) is 0 Å². The lowest BCUT2D eigenvalue weighted by Crippen LogP contribution is -2.25. The molecule has 0 aliphatic carbocycles. The summed E-state index contributed by atoms with van der Waals surface area (Å²) in [5.74, 6) is 0.728. The number of ether oxygens (including phenoxy) is 1. The molecular weight excluding hydrogens is 253 g/mol. The zero-order chi connectivity index (χ0) is 15.0. The van der Waals surface area contributed by atoms with E-state index in [9.17, 15) is 4.39 Å². The van der Waals surface area contributed by atoms with Gasteiger partial charge in [-0.1, -0.05) is 39.2 Å². The predicted molar refractivity (Wildman–Crippen MR) is 82.7 cm³/mol. The Morgan fingerprint density at radius 3 is 2.65 bits per heavy atom. The first-order valence-electron chi connectivity index (χ1n) is 7.69. The van der Waals surface area contributed by atoms with Crippen molar-refractivity contribution in [1.82, 2.24) is 5.32 Å². The Morgan fingerprint density at radius 2 is 2.05 bits per heavy atom. The highest BCUT2D eigenvalue weighted by Gasteiger charge is 2.12. The van der Waals surface area contributed by atoms with Gasteiger partial charge < -0.3 is 10.1 Å². The molecule has 20 heavy (non-hydrogen) atoms. The summed E-state index contributed by atoms with van der Waals surface area (Å²) in [5.41, 5.74) is 1.06. The Balaban J connectivity index is 2.55. The highest BCUT2D eigenvalue weighted by molar-refractivity contribution is 5.31. The molecular formula is C17H28FNO. The first-order valence-corrected chi connectivity index (χ1v) is 7.69. The fraction of sp³-hybridized carbons (Fsp3) is 0.647. The third-order valence-corrected chi connectivity index (χ3v) is 3.93. The molecule has 0 fully saturated rings. The van der Waals surface area contributed by atoms with Crippen LogP contribution in [0.3, 0.4) is 0 Å². The number of halogens is 1. The first kappa shape index (κ1) is 17.0. The summed E-state index contributed by atoms with van der Waals surface area (Å²) in [5, 5.41) is 3.55. The van der Waals surface area contributed by atoms with Crippen molar-refractivity contribution in [3.05, 3.63) is 29.6 Å². The Labute approximate surface area is 122 Å². The summed E-state index contributed by atoms with van der Waals surface area (Å²) >= 11 is 0. The highest BCUT2D eigenvalue weighted by atomic mass is 19.1. The Bertz CT molecular complexity index is 395. The molecule has 2 nitrogen and oxygen atoms in total. The molecule has 0 saturated carbocycles. The second kappa shape index (κ2) is 8.96. The van der Waals surface area contributed by atoms with Crippen LogP contribution in [0.1, 0.15) is 58.1 Å². The second-order valence-electron chi connectivity index (χ2n) is 5.44. The van der Waals surface area contributed by atoms with Crippen LogP contribution in [-0.2, 0) is 0 Å². The van der Waals surface area contributed by atoms with Crippen LogP contribution in [-0.4, -0.2) is 13.7 Å². The minimum Gasteiger partial charge on any atom is -0.494 e. The minimum atomic E-state index is -0.308. The molecule has 0 heterocycles. The molecule has 2 unspecified atom stereocenters. The van der Waals surface area contributed by atoms with Gasteiger partial charge in [0.15, 0.2) is 11.6 Å². The van der Waals surface area contributed by atoms with E-state index in [0.29, 0.717) is 5.75 Å². The van der Waals surface area contributed by atoms with Crippen molar-refractivity contribution in [2.24, 2.45) is 5.92 Å². The minimum absolute atomic E-state index is 0.208. The summed E-state index contributed by atoms with van der Waals surface area (Å²) < 4.78 is 18.4. The first-order chi connectivity index (χ1) is 9.62. The summed E-state index contributed by atoms with van der Waals surface area (Å²) in [7, 11) is 1.50. The highest BCUT2D eigenvalue weighted by Crippen LogP contribution is 2.23. The molecule has 1 aromatic rings. The van der Waals surface area contributed by atoms with Gasteiger partial charge in [0, 0.05) is 6.04 Å². The Morgan fingerprint density at radius 1 is 1.30 bits per heavy atom. The van der Waals surface area contributed by atoms with Crippen LogP contribution in [0.2, 0.25) is 0 Å². The average Bonchev–Trinajstić information content (AvgIpc) is 2.47. The zero-order valence-corrected chi connectivity index (χ0v) is 13.2. The van der Waals surface area contributed by atoms with Gasteiger partial charge in [0.25, 0.3) is 0 Å². The maximum atomic E-state index is 13.4. The van der Waals surface area contributed by atoms with E-state index in [1.54, 1.807) is 6.07 Å². The van der Waals surface area contributed by atoms with Crippen LogP contribution in [0.15, 0.2) is 18.2 Å². The molecule has 114 valence electrons. The van der Waals surface area contributed by atoms with Crippen molar-refractivity contribution in [2.75, 3.05) is 13.7 Å². The van der Waals surface area contributed by atoms with Crippen molar-refractivity contribution in [3.63, 3.8) is 0 Å². The number of methoxy groups -OCH3 is 1. The van der Waals surface area contributed by atoms with Crippen molar-refractivity contribution in [2.45, 2.75) is 52.5 Å². The van der Waals surface area contributed by atoms with Gasteiger partial charge in [0.2, 0.25) is 0 Å². The van der Waals surface area contributed by atoms with Crippen molar-refractivity contribution >= 4 is 0 Å². The van der Waals surface area contributed by atoms with E-state index < -0.39 is 0 Å². The molecule has 1 rings (SSSR count). The van der Waals surface area contributed by atoms with E-state index in [0.717, 1.165) is 18.0 Å². The van der Waals surface area contributed by atoms with Crippen LogP contribution < -0.4 is 10.1 Å². The molecule has 0 amide bonds. The van der Waals surface area contributed by atoms with Crippen molar-refractivity contribution in [3.8, 4) is 5.75 Å². The second-order valence-corrected chi connectivity index (χ2v) is 5.44. The third kappa shape index (κ3) is 5.12. The van der Waals surface area contributed by atoms with Gasteiger partial charge in [-0.2, -0.15) is 0 Å². The lowest BCUT2D eigenvalue weighted by molar-refractivity contribution is 0.381. The van der Waals surface area contributed by atoms with E-state index in [1.165, 1.54) is 38.9 Å². The quantitative estimate of drug-likeness (QED) is 0.708. The van der Waals surface area contributed by atoms with E-state index in [4.69, 9.17) is 4.74 Å². The van der Waals surface area contributed by atoms with Gasteiger partial charge in [-0.3, -0.25) is 0 Å². The topological polar surface area (TPSA) is 21.3 Å². The average molecular weight is 281 g/mol. The van der Waals surface area contributed by atoms with E-state index >= 15 is 0 Å². The summed E-state index contributed by atoms with van der Waals surface area (Å²) in [6, 6.07) is 5.28. The lowest BCUT2D eigenvalue weighted by Gasteiger charge is -2.20.